The molecule has 6 nitrogen and oxygen atoms in total. The first-order chi connectivity index (χ1) is 8.56. The topological polar surface area (TPSA) is 98.9 Å². The summed E-state index contributed by atoms with van der Waals surface area (Å²) in [6, 6.07) is 7.59. The van der Waals surface area contributed by atoms with E-state index in [2.05, 4.69) is 0 Å². The quantitative estimate of drug-likeness (QED) is 0.754. The molecular formula is C11H6FN3O3. The number of nitriles is 1. The van der Waals surface area contributed by atoms with Crippen LogP contribution in [0, 0.1) is 17.1 Å². The Morgan fingerprint density at radius 1 is 1.33 bits per heavy atom. The van der Waals surface area contributed by atoms with E-state index in [0.29, 0.717) is 4.57 Å². The van der Waals surface area contributed by atoms with Crippen molar-refractivity contribution < 1.29 is 9.50 Å². The number of benzene rings is 1. The predicted molar refractivity (Wildman–Crippen MR) is 59.0 cm³/mol. The molecule has 7 heteroatoms. The number of aromatic amines is 1. The van der Waals surface area contributed by atoms with Crippen LogP contribution in [0.3, 0.4) is 0 Å². The van der Waals surface area contributed by atoms with Gasteiger partial charge in [-0.2, -0.15) is 9.65 Å². The number of aromatic nitrogens is 2. The van der Waals surface area contributed by atoms with Crippen molar-refractivity contribution in [2.24, 2.45) is 0 Å². The Hall–Kier alpha value is -2.88. The molecule has 0 amide bonds. The van der Waals surface area contributed by atoms with E-state index in [0.717, 1.165) is 0 Å². The number of rotatable bonds is 1. The van der Waals surface area contributed by atoms with Crippen molar-refractivity contribution in [3.8, 4) is 17.6 Å². The number of nitrogens with zero attached hydrogens (tertiary/aromatic N) is 2. The lowest BCUT2D eigenvalue weighted by atomic mass is 10.2. The molecule has 0 saturated heterocycles. The summed E-state index contributed by atoms with van der Waals surface area (Å²) in [5, 5.41) is 18.4. The smallest absolute Gasteiger partial charge is 0.335 e. The first-order valence-electron chi connectivity index (χ1n) is 4.79. The zero-order valence-corrected chi connectivity index (χ0v) is 8.85. The summed E-state index contributed by atoms with van der Waals surface area (Å²) >= 11 is 0. The van der Waals surface area contributed by atoms with Gasteiger partial charge < -0.3 is 5.11 Å². The Kier molecular flexibility index (Phi) is 2.69. The third-order valence-corrected chi connectivity index (χ3v) is 2.30. The average molecular weight is 247 g/mol. The molecule has 2 rings (SSSR count). The fourth-order valence-electron chi connectivity index (χ4n) is 1.49. The van der Waals surface area contributed by atoms with Gasteiger partial charge in [-0.25, -0.2) is 9.36 Å². The highest BCUT2D eigenvalue weighted by atomic mass is 19.1. The van der Waals surface area contributed by atoms with Crippen LogP contribution in [0.25, 0.3) is 5.69 Å². The number of halogens is 1. The Bertz CT molecular complexity index is 770. The Morgan fingerprint density at radius 2 is 2.00 bits per heavy atom. The van der Waals surface area contributed by atoms with Gasteiger partial charge in [-0.1, -0.05) is 12.1 Å². The van der Waals surface area contributed by atoms with E-state index in [9.17, 15) is 19.1 Å². The van der Waals surface area contributed by atoms with E-state index >= 15 is 0 Å². The highest BCUT2D eigenvalue weighted by Crippen LogP contribution is 2.17. The van der Waals surface area contributed by atoms with E-state index in [1.165, 1.54) is 18.2 Å². The third kappa shape index (κ3) is 1.66. The molecule has 1 heterocycles. The molecule has 0 spiro atoms. The van der Waals surface area contributed by atoms with Gasteiger partial charge in [0.15, 0.2) is 0 Å². The predicted octanol–water partition coefficient (Wildman–Crippen LogP) is 0.242. The largest absolute Gasteiger partial charge is 0.492 e. The van der Waals surface area contributed by atoms with Gasteiger partial charge in [-0.3, -0.25) is 9.78 Å². The Balaban J connectivity index is 2.90. The summed E-state index contributed by atoms with van der Waals surface area (Å²) < 4.78 is 13.8. The number of hydrogen-bond acceptors (Lipinski definition) is 4. The normalized spacial score (nSPS) is 10.0. The van der Waals surface area contributed by atoms with Gasteiger partial charge in [0.2, 0.25) is 11.7 Å². The molecule has 0 unspecified atom stereocenters. The van der Waals surface area contributed by atoms with E-state index in [-0.39, 0.29) is 11.3 Å². The molecule has 0 radical (unpaired) electrons. The molecule has 2 aromatic rings. The molecule has 1 aromatic heterocycles. The molecule has 0 aliphatic carbocycles. The molecule has 1 aromatic carbocycles. The molecular weight excluding hydrogens is 241 g/mol. The van der Waals surface area contributed by atoms with Crippen molar-refractivity contribution in [1.29, 1.82) is 5.26 Å². The summed E-state index contributed by atoms with van der Waals surface area (Å²) in [5.41, 5.74) is -2.30. The molecule has 0 aliphatic heterocycles. The molecule has 90 valence electrons. The average Bonchev–Trinajstić information content (AvgIpc) is 2.37. The minimum atomic E-state index is -1.48. The van der Waals surface area contributed by atoms with Crippen LogP contribution in [0.4, 0.5) is 4.39 Å². The van der Waals surface area contributed by atoms with Crippen LogP contribution in [-0.4, -0.2) is 14.7 Å². The maximum atomic E-state index is 13.3. The van der Waals surface area contributed by atoms with Gasteiger partial charge in [0.25, 0.3) is 5.56 Å². The van der Waals surface area contributed by atoms with E-state index < -0.39 is 22.9 Å². The fourth-order valence-corrected chi connectivity index (χ4v) is 1.49. The maximum absolute atomic E-state index is 13.3. The molecule has 2 N–H and O–H groups in total. The zero-order valence-electron chi connectivity index (χ0n) is 8.85. The van der Waals surface area contributed by atoms with E-state index in [1.54, 1.807) is 17.1 Å². The van der Waals surface area contributed by atoms with Crippen molar-refractivity contribution in [2.45, 2.75) is 0 Å². The number of nitrogens with one attached hydrogen (secondary N) is 1. The maximum Gasteiger partial charge on any atom is 0.335 e. The second kappa shape index (κ2) is 4.18. The number of para-hydroxylation sites is 1. The van der Waals surface area contributed by atoms with Crippen molar-refractivity contribution in [3.63, 3.8) is 0 Å². The Labute approximate surface area is 99.2 Å². The molecule has 0 saturated carbocycles. The summed E-state index contributed by atoms with van der Waals surface area (Å²) in [5.74, 6) is -2.62. The number of aromatic hydroxyl groups is 1. The van der Waals surface area contributed by atoms with Crippen LogP contribution in [0.1, 0.15) is 5.56 Å². The van der Waals surface area contributed by atoms with Gasteiger partial charge in [0.05, 0.1) is 11.3 Å². The lowest BCUT2D eigenvalue weighted by molar-refractivity contribution is 0.386. The van der Waals surface area contributed by atoms with Crippen molar-refractivity contribution in [1.82, 2.24) is 9.55 Å². The van der Waals surface area contributed by atoms with Gasteiger partial charge >= 0.3 is 5.69 Å². The van der Waals surface area contributed by atoms with Gasteiger partial charge in [0, 0.05) is 0 Å². The van der Waals surface area contributed by atoms with Crippen LogP contribution in [0.2, 0.25) is 0 Å². The lowest BCUT2D eigenvalue weighted by Gasteiger charge is -2.09. The highest BCUT2D eigenvalue weighted by Gasteiger charge is 2.16. The molecule has 0 fully saturated rings. The molecule has 18 heavy (non-hydrogen) atoms. The Morgan fingerprint density at radius 3 is 2.67 bits per heavy atom. The summed E-state index contributed by atoms with van der Waals surface area (Å²) in [6.45, 7) is 0. The fraction of sp³-hybridized carbons (Fsp3) is 0. The minimum Gasteiger partial charge on any atom is -0.492 e. The SMILES string of the molecule is N#Cc1ccccc1-n1c(O)c(F)c(=O)[nH]c1=O. The monoisotopic (exact) mass is 247 g/mol. The van der Waals surface area contributed by atoms with Crippen molar-refractivity contribution >= 4 is 0 Å². The van der Waals surface area contributed by atoms with Crippen LogP contribution < -0.4 is 11.2 Å². The van der Waals surface area contributed by atoms with Crippen LogP contribution in [0.15, 0.2) is 33.9 Å². The lowest BCUT2D eigenvalue weighted by Crippen LogP contribution is -2.31. The third-order valence-electron chi connectivity index (χ3n) is 2.30. The first kappa shape index (κ1) is 11.6. The second-order valence-corrected chi connectivity index (χ2v) is 3.36. The minimum absolute atomic E-state index is 0.0161. The zero-order chi connectivity index (χ0) is 13.3. The number of hydrogen-bond donors (Lipinski definition) is 2. The van der Waals surface area contributed by atoms with Gasteiger partial charge in [0.1, 0.15) is 6.07 Å². The molecule has 0 bridgehead atoms. The number of H-pyrrole nitrogens is 1. The summed E-state index contributed by atoms with van der Waals surface area (Å²) in [4.78, 5) is 24.2. The summed E-state index contributed by atoms with van der Waals surface area (Å²) in [6.07, 6.45) is 0. The van der Waals surface area contributed by atoms with Gasteiger partial charge in [-0.15, -0.1) is 0 Å². The van der Waals surface area contributed by atoms with Crippen LogP contribution in [0.5, 0.6) is 5.88 Å². The van der Waals surface area contributed by atoms with Crippen LogP contribution >= 0.6 is 0 Å². The molecule has 0 aliphatic rings. The van der Waals surface area contributed by atoms with E-state index in [1.807, 2.05) is 0 Å². The summed E-state index contributed by atoms with van der Waals surface area (Å²) in [7, 11) is 0. The van der Waals surface area contributed by atoms with E-state index in [4.69, 9.17) is 5.26 Å². The van der Waals surface area contributed by atoms with Gasteiger partial charge in [-0.05, 0) is 12.1 Å². The van der Waals surface area contributed by atoms with Crippen molar-refractivity contribution in [3.05, 3.63) is 56.5 Å². The van der Waals surface area contributed by atoms with Crippen LogP contribution in [-0.2, 0) is 0 Å². The van der Waals surface area contributed by atoms with Crippen molar-refractivity contribution in [2.75, 3.05) is 0 Å². The first-order valence-corrected chi connectivity index (χ1v) is 4.79. The highest BCUT2D eigenvalue weighted by molar-refractivity contribution is 5.50. The standard InChI is InChI=1S/C11H6FN3O3/c12-8-9(16)14-11(18)15(10(8)17)7-4-2-1-3-6(7)5-13/h1-4,17H,(H,14,16,18). The molecule has 0 atom stereocenters. The second-order valence-electron chi connectivity index (χ2n) is 3.36.